The number of hydrogen-bond donors (Lipinski definition) is 2. The maximum atomic E-state index is 11.7. The second kappa shape index (κ2) is 4.09. The highest BCUT2D eigenvalue weighted by molar-refractivity contribution is 7.07. The van der Waals surface area contributed by atoms with Gasteiger partial charge >= 0.3 is 4.87 Å². The van der Waals surface area contributed by atoms with Crippen molar-refractivity contribution >= 4 is 23.2 Å². The molecule has 86 valence electrons. The van der Waals surface area contributed by atoms with E-state index in [1.807, 2.05) is 0 Å². The van der Waals surface area contributed by atoms with Gasteiger partial charge in [-0.2, -0.15) is 0 Å². The summed E-state index contributed by atoms with van der Waals surface area (Å²) in [6.07, 6.45) is 0. The Kier molecular flexibility index (Phi) is 2.78. The van der Waals surface area contributed by atoms with E-state index < -0.39 is 6.04 Å². The van der Waals surface area contributed by atoms with Crippen molar-refractivity contribution in [3.63, 3.8) is 0 Å². The zero-order valence-corrected chi connectivity index (χ0v) is 9.47. The van der Waals surface area contributed by atoms with Crippen LogP contribution in [-0.4, -0.2) is 34.3 Å². The lowest BCUT2D eigenvalue weighted by Gasteiger charge is -2.30. The Morgan fingerprint density at radius 3 is 2.88 bits per heavy atom. The quantitative estimate of drug-likeness (QED) is 0.717. The van der Waals surface area contributed by atoms with E-state index in [9.17, 15) is 14.4 Å². The van der Waals surface area contributed by atoms with E-state index in [1.54, 1.807) is 12.3 Å². The molecule has 0 saturated carbocycles. The van der Waals surface area contributed by atoms with E-state index in [-0.39, 0.29) is 29.8 Å². The molecule has 1 unspecified atom stereocenters. The van der Waals surface area contributed by atoms with Crippen LogP contribution in [0.5, 0.6) is 0 Å². The average Bonchev–Trinajstić information content (AvgIpc) is 2.60. The smallest absolute Gasteiger partial charge is 0.304 e. The summed E-state index contributed by atoms with van der Waals surface area (Å²) >= 11 is 1.05. The summed E-state index contributed by atoms with van der Waals surface area (Å²) in [4.78, 5) is 37.8. The molecule has 1 aromatic heterocycles. The van der Waals surface area contributed by atoms with Crippen molar-refractivity contribution in [3.8, 4) is 0 Å². The van der Waals surface area contributed by atoms with Crippen LogP contribution in [0.1, 0.15) is 12.6 Å². The van der Waals surface area contributed by atoms with Gasteiger partial charge in [0.15, 0.2) is 0 Å². The number of nitrogens with zero attached hydrogens (tertiary/aromatic N) is 1. The number of carbonyl (C=O) groups excluding carboxylic acids is 2. The van der Waals surface area contributed by atoms with Gasteiger partial charge in [0.2, 0.25) is 11.8 Å². The van der Waals surface area contributed by atoms with Gasteiger partial charge in [0.05, 0.1) is 6.54 Å². The van der Waals surface area contributed by atoms with Gasteiger partial charge < -0.3 is 15.2 Å². The lowest BCUT2D eigenvalue weighted by atomic mass is 10.2. The molecule has 2 amide bonds. The molecular weight excluding hydrogens is 230 g/mol. The summed E-state index contributed by atoms with van der Waals surface area (Å²) in [5.74, 6) is -0.309. The van der Waals surface area contributed by atoms with Crippen molar-refractivity contribution < 1.29 is 9.59 Å². The van der Waals surface area contributed by atoms with Crippen molar-refractivity contribution in [2.45, 2.75) is 19.5 Å². The van der Waals surface area contributed by atoms with Crippen LogP contribution in [0, 0.1) is 0 Å². The third-order valence-electron chi connectivity index (χ3n) is 2.33. The number of H-pyrrole nitrogens is 1. The summed E-state index contributed by atoms with van der Waals surface area (Å²) < 4.78 is 0. The predicted molar refractivity (Wildman–Crippen MR) is 58.0 cm³/mol. The van der Waals surface area contributed by atoms with Gasteiger partial charge in [-0.3, -0.25) is 14.4 Å². The minimum atomic E-state index is -0.494. The number of piperazine rings is 1. The van der Waals surface area contributed by atoms with Crippen molar-refractivity contribution in [2.75, 3.05) is 6.54 Å². The molecule has 16 heavy (non-hydrogen) atoms. The van der Waals surface area contributed by atoms with Crippen molar-refractivity contribution in [1.82, 2.24) is 15.2 Å². The van der Waals surface area contributed by atoms with E-state index in [1.165, 1.54) is 4.90 Å². The fourth-order valence-corrected chi connectivity index (χ4v) is 2.18. The fraction of sp³-hybridized carbons (Fsp3) is 0.444. The number of hydrogen-bond acceptors (Lipinski definition) is 4. The Labute approximate surface area is 95.3 Å². The summed E-state index contributed by atoms with van der Waals surface area (Å²) in [5.41, 5.74) is 0.658. The molecule has 1 aromatic rings. The first kappa shape index (κ1) is 10.9. The zero-order chi connectivity index (χ0) is 11.7. The number of nitrogens with one attached hydrogen (secondary N) is 2. The Balaban J connectivity index is 2.11. The average molecular weight is 241 g/mol. The number of carbonyl (C=O) groups is 2. The van der Waals surface area contributed by atoms with Crippen LogP contribution in [0.4, 0.5) is 0 Å². The molecule has 0 radical (unpaired) electrons. The number of aromatic amines is 1. The molecule has 1 saturated heterocycles. The molecule has 7 heteroatoms. The summed E-state index contributed by atoms with van der Waals surface area (Å²) in [6, 6.07) is -0.494. The van der Waals surface area contributed by atoms with Gasteiger partial charge in [0, 0.05) is 11.1 Å². The van der Waals surface area contributed by atoms with Crippen LogP contribution >= 0.6 is 11.3 Å². The number of amides is 2. The molecule has 1 aliphatic rings. The lowest BCUT2D eigenvalue weighted by Crippen LogP contribution is -2.56. The van der Waals surface area contributed by atoms with Crippen LogP contribution < -0.4 is 10.2 Å². The highest BCUT2D eigenvalue weighted by Crippen LogP contribution is 2.07. The van der Waals surface area contributed by atoms with E-state index in [0.29, 0.717) is 5.69 Å². The lowest BCUT2D eigenvalue weighted by molar-refractivity contribution is -0.144. The molecule has 2 heterocycles. The Bertz CT molecular complexity index is 478. The number of aromatic nitrogens is 1. The minimum Gasteiger partial charge on any atom is -0.343 e. The molecule has 1 fully saturated rings. The van der Waals surface area contributed by atoms with Crippen molar-refractivity contribution in [3.05, 3.63) is 20.7 Å². The molecule has 0 aromatic carbocycles. The van der Waals surface area contributed by atoms with Crippen molar-refractivity contribution in [1.29, 1.82) is 0 Å². The molecule has 2 N–H and O–H groups in total. The van der Waals surface area contributed by atoms with Gasteiger partial charge in [-0.25, -0.2) is 0 Å². The van der Waals surface area contributed by atoms with Crippen LogP contribution in [-0.2, 0) is 16.1 Å². The molecule has 0 aliphatic carbocycles. The largest absolute Gasteiger partial charge is 0.343 e. The SMILES string of the molecule is CC1NC(=O)CN(Cc2csc(=O)[nH]2)C1=O. The Hall–Kier alpha value is -1.63. The van der Waals surface area contributed by atoms with Crippen LogP contribution in [0.2, 0.25) is 0 Å². The topological polar surface area (TPSA) is 82.3 Å². The Morgan fingerprint density at radius 2 is 2.25 bits per heavy atom. The molecule has 1 atom stereocenters. The number of thiazole rings is 1. The van der Waals surface area contributed by atoms with E-state index >= 15 is 0 Å². The molecule has 2 rings (SSSR count). The van der Waals surface area contributed by atoms with Gasteiger partial charge in [-0.1, -0.05) is 11.3 Å². The molecule has 6 nitrogen and oxygen atoms in total. The standard InChI is InChI=1S/C9H11N3O3S/c1-5-8(14)12(3-7(13)10-5)2-6-4-16-9(15)11-6/h4-5H,2-3H2,1H3,(H,10,13)(H,11,15). The molecule has 0 spiro atoms. The third-order valence-corrected chi connectivity index (χ3v) is 3.04. The molecule has 0 bridgehead atoms. The number of rotatable bonds is 2. The van der Waals surface area contributed by atoms with Gasteiger partial charge in [-0.05, 0) is 6.92 Å². The van der Waals surface area contributed by atoms with Gasteiger partial charge in [-0.15, -0.1) is 0 Å². The fourth-order valence-electron chi connectivity index (χ4n) is 1.60. The second-order valence-electron chi connectivity index (χ2n) is 3.66. The van der Waals surface area contributed by atoms with Gasteiger partial charge in [0.25, 0.3) is 0 Å². The van der Waals surface area contributed by atoms with Crippen molar-refractivity contribution in [2.24, 2.45) is 0 Å². The third kappa shape index (κ3) is 2.13. The second-order valence-corrected chi connectivity index (χ2v) is 4.50. The molecular formula is C9H11N3O3S. The van der Waals surface area contributed by atoms with Crippen LogP contribution in [0.3, 0.4) is 0 Å². The summed E-state index contributed by atoms with van der Waals surface area (Å²) in [6.45, 7) is 1.96. The highest BCUT2D eigenvalue weighted by Gasteiger charge is 2.29. The maximum Gasteiger partial charge on any atom is 0.304 e. The monoisotopic (exact) mass is 241 g/mol. The summed E-state index contributed by atoms with van der Waals surface area (Å²) in [7, 11) is 0. The Morgan fingerprint density at radius 1 is 1.50 bits per heavy atom. The van der Waals surface area contributed by atoms with Gasteiger partial charge in [0.1, 0.15) is 12.6 Å². The maximum absolute atomic E-state index is 11.7. The normalized spacial score (nSPS) is 21.1. The predicted octanol–water partition coefficient (Wildman–Crippen LogP) is -0.717. The summed E-state index contributed by atoms with van der Waals surface area (Å²) in [5, 5.41) is 4.21. The van der Waals surface area contributed by atoms with E-state index in [0.717, 1.165) is 11.3 Å². The van der Waals surface area contributed by atoms with E-state index in [4.69, 9.17) is 0 Å². The highest BCUT2D eigenvalue weighted by atomic mass is 32.1. The first-order chi connectivity index (χ1) is 7.56. The van der Waals surface area contributed by atoms with Crippen LogP contribution in [0.25, 0.3) is 0 Å². The first-order valence-corrected chi connectivity index (χ1v) is 5.69. The zero-order valence-electron chi connectivity index (χ0n) is 8.65. The molecule has 1 aliphatic heterocycles. The first-order valence-electron chi connectivity index (χ1n) is 4.81. The minimum absolute atomic E-state index is 0.0427. The van der Waals surface area contributed by atoms with E-state index in [2.05, 4.69) is 10.3 Å². The van der Waals surface area contributed by atoms with Crippen LogP contribution in [0.15, 0.2) is 10.2 Å².